The normalized spacial score (nSPS) is 12.0. The molecule has 2 heterocycles. The smallest absolute Gasteiger partial charge is 0.257 e. The van der Waals surface area contributed by atoms with E-state index in [-0.39, 0.29) is 0 Å². The fourth-order valence-electron chi connectivity index (χ4n) is 2.60. The van der Waals surface area contributed by atoms with Gasteiger partial charge < -0.3 is 15.6 Å². The Morgan fingerprint density at radius 3 is 2.72 bits per heavy atom. The van der Waals surface area contributed by atoms with Gasteiger partial charge in [-0.2, -0.15) is 0 Å². The van der Waals surface area contributed by atoms with Crippen LogP contribution in [-0.2, 0) is 11.2 Å². The Balaban J connectivity index is 1.88. The number of benzene rings is 1. The number of amides is 2. The van der Waals surface area contributed by atoms with E-state index in [0.29, 0.717) is 22.2 Å². The van der Waals surface area contributed by atoms with E-state index < -0.39 is 17.9 Å². The molecule has 7 nitrogen and oxygen atoms in total. The van der Waals surface area contributed by atoms with Gasteiger partial charge in [-0.15, -0.1) is 0 Å². The summed E-state index contributed by atoms with van der Waals surface area (Å²) in [7, 11) is 0. The Kier molecular flexibility index (Phi) is 4.74. The number of aryl methyl sites for hydroxylation is 1. The van der Waals surface area contributed by atoms with Gasteiger partial charge in [0.05, 0.1) is 16.6 Å². The number of nitrogens with zero attached hydrogens (tertiary/aromatic N) is 2. The van der Waals surface area contributed by atoms with Gasteiger partial charge in [0.25, 0.3) is 11.6 Å². The molecule has 3 N–H and O–H groups in total. The van der Waals surface area contributed by atoms with Crippen molar-refractivity contribution in [3.63, 3.8) is 0 Å². The molecule has 1 atom stereocenters. The van der Waals surface area contributed by atoms with Crippen LogP contribution in [0.1, 0.15) is 41.0 Å². The van der Waals surface area contributed by atoms with Crippen molar-refractivity contribution in [3.05, 3.63) is 59.4 Å². The number of carbonyl (C=O) groups is 2. The summed E-state index contributed by atoms with van der Waals surface area (Å²) < 4.78 is 5.16. The van der Waals surface area contributed by atoms with Gasteiger partial charge in [-0.25, -0.2) is 4.98 Å². The molecule has 0 radical (unpaired) electrons. The number of carbonyl (C=O) groups excluding carboxylic acids is 2. The van der Waals surface area contributed by atoms with Crippen molar-refractivity contribution in [2.24, 2.45) is 5.73 Å². The first-order valence-corrected chi connectivity index (χ1v) is 7.99. The molecule has 3 aromatic rings. The first-order chi connectivity index (χ1) is 12.1. The zero-order valence-corrected chi connectivity index (χ0v) is 13.7. The minimum absolute atomic E-state index is 0.315. The predicted molar refractivity (Wildman–Crippen MR) is 91.6 cm³/mol. The molecule has 0 aliphatic heterocycles. The van der Waals surface area contributed by atoms with E-state index in [4.69, 9.17) is 10.3 Å². The molecule has 0 saturated carbocycles. The van der Waals surface area contributed by atoms with Gasteiger partial charge in [0, 0.05) is 6.20 Å². The Bertz CT molecular complexity index is 905. The second-order valence-electron chi connectivity index (χ2n) is 5.68. The number of rotatable bonds is 6. The van der Waals surface area contributed by atoms with Gasteiger partial charge in [-0.3, -0.25) is 9.59 Å². The minimum Gasteiger partial charge on any atom is -0.368 e. The second-order valence-corrected chi connectivity index (χ2v) is 5.68. The molecule has 3 rings (SSSR count). The van der Waals surface area contributed by atoms with Gasteiger partial charge in [-0.05, 0) is 18.1 Å². The van der Waals surface area contributed by atoms with Crippen LogP contribution in [0.5, 0.6) is 0 Å². The molecule has 0 fully saturated rings. The van der Waals surface area contributed by atoms with Crippen LogP contribution in [0.2, 0.25) is 0 Å². The average Bonchev–Trinajstić information content (AvgIpc) is 3.02. The number of fused-ring (bicyclic) bond motifs is 1. The Morgan fingerprint density at radius 2 is 2.04 bits per heavy atom. The van der Waals surface area contributed by atoms with Gasteiger partial charge in [0.1, 0.15) is 6.04 Å². The molecule has 25 heavy (non-hydrogen) atoms. The predicted octanol–water partition coefficient (Wildman–Crippen LogP) is 2.13. The summed E-state index contributed by atoms with van der Waals surface area (Å²) in [6.07, 6.45) is 3.02. The maximum absolute atomic E-state index is 12.6. The molecule has 0 saturated heterocycles. The lowest BCUT2D eigenvalue weighted by Crippen LogP contribution is -2.37. The van der Waals surface area contributed by atoms with Crippen molar-refractivity contribution in [2.45, 2.75) is 25.8 Å². The maximum atomic E-state index is 12.6. The second kappa shape index (κ2) is 7.12. The van der Waals surface area contributed by atoms with Crippen LogP contribution in [0.15, 0.2) is 47.1 Å². The molecule has 128 valence electrons. The molecule has 2 aromatic heterocycles. The van der Waals surface area contributed by atoms with E-state index in [9.17, 15) is 9.59 Å². The first kappa shape index (κ1) is 16.6. The summed E-state index contributed by atoms with van der Waals surface area (Å²) in [4.78, 5) is 28.4. The fourth-order valence-corrected chi connectivity index (χ4v) is 2.60. The highest BCUT2D eigenvalue weighted by atomic mass is 16.5. The van der Waals surface area contributed by atoms with E-state index in [1.807, 2.05) is 13.0 Å². The lowest BCUT2D eigenvalue weighted by atomic mass is 10.1. The molecule has 0 bridgehead atoms. The van der Waals surface area contributed by atoms with Crippen molar-refractivity contribution in [1.82, 2.24) is 15.5 Å². The van der Waals surface area contributed by atoms with Gasteiger partial charge >= 0.3 is 0 Å². The quantitative estimate of drug-likeness (QED) is 0.715. The summed E-state index contributed by atoms with van der Waals surface area (Å²) in [5.74, 6) is -1.07. The SMILES string of the molecule is CCCc1noc2ncc(C(=O)N[C@H](C(N)=O)c3ccccc3)cc12. The lowest BCUT2D eigenvalue weighted by molar-refractivity contribution is -0.120. The molecule has 0 unspecified atom stereocenters. The number of hydrogen-bond acceptors (Lipinski definition) is 5. The van der Waals surface area contributed by atoms with Crippen molar-refractivity contribution in [3.8, 4) is 0 Å². The highest BCUT2D eigenvalue weighted by Gasteiger charge is 2.21. The van der Waals surface area contributed by atoms with E-state index >= 15 is 0 Å². The van der Waals surface area contributed by atoms with E-state index in [2.05, 4.69) is 15.5 Å². The van der Waals surface area contributed by atoms with Crippen molar-refractivity contribution < 1.29 is 14.1 Å². The van der Waals surface area contributed by atoms with E-state index in [1.54, 1.807) is 30.3 Å². The van der Waals surface area contributed by atoms with Gasteiger partial charge in [0.15, 0.2) is 0 Å². The summed E-state index contributed by atoms with van der Waals surface area (Å²) in [6, 6.07) is 9.60. The topological polar surface area (TPSA) is 111 Å². The van der Waals surface area contributed by atoms with Gasteiger partial charge in [-0.1, -0.05) is 48.8 Å². The first-order valence-electron chi connectivity index (χ1n) is 7.99. The molecule has 2 amide bonds. The summed E-state index contributed by atoms with van der Waals surface area (Å²) in [5, 5.41) is 7.33. The van der Waals surface area contributed by atoms with Crippen LogP contribution in [0.3, 0.4) is 0 Å². The highest BCUT2D eigenvalue weighted by molar-refractivity contribution is 5.99. The fraction of sp³-hybridized carbons (Fsp3) is 0.222. The third kappa shape index (κ3) is 3.50. The van der Waals surface area contributed by atoms with Crippen molar-refractivity contribution >= 4 is 22.9 Å². The highest BCUT2D eigenvalue weighted by Crippen LogP contribution is 2.20. The van der Waals surface area contributed by atoms with Crippen LogP contribution in [0, 0.1) is 0 Å². The van der Waals surface area contributed by atoms with E-state index in [0.717, 1.165) is 18.5 Å². The standard InChI is InChI=1S/C18H18N4O3/c1-2-6-14-13-9-12(10-20-18(13)25-22-14)17(24)21-15(16(19)23)11-7-4-3-5-8-11/h3-5,7-10,15H,2,6H2,1H3,(H2,19,23)(H,21,24)/t15-/m0/s1. The van der Waals surface area contributed by atoms with Crippen LogP contribution < -0.4 is 11.1 Å². The monoisotopic (exact) mass is 338 g/mol. The molecule has 7 heteroatoms. The molecule has 0 spiro atoms. The lowest BCUT2D eigenvalue weighted by Gasteiger charge is -2.15. The summed E-state index contributed by atoms with van der Waals surface area (Å²) in [5.41, 5.74) is 7.52. The summed E-state index contributed by atoms with van der Waals surface area (Å²) in [6.45, 7) is 2.03. The summed E-state index contributed by atoms with van der Waals surface area (Å²) >= 11 is 0. The Hall–Kier alpha value is -3.22. The average molecular weight is 338 g/mol. The molecule has 0 aliphatic rings. The van der Waals surface area contributed by atoms with Crippen LogP contribution in [0.25, 0.3) is 11.1 Å². The number of primary amides is 1. The largest absolute Gasteiger partial charge is 0.368 e. The maximum Gasteiger partial charge on any atom is 0.257 e. The zero-order valence-electron chi connectivity index (χ0n) is 13.7. The van der Waals surface area contributed by atoms with Crippen molar-refractivity contribution in [1.29, 1.82) is 0 Å². The number of pyridine rings is 1. The van der Waals surface area contributed by atoms with Gasteiger partial charge in [0.2, 0.25) is 5.91 Å². The third-order valence-electron chi connectivity index (χ3n) is 3.85. The van der Waals surface area contributed by atoms with E-state index in [1.165, 1.54) is 6.20 Å². The zero-order chi connectivity index (χ0) is 17.8. The molecule has 0 aliphatic carbocycles. The van der Waals surface area contributed by atoms with Crippen LogP contribution in [0.4, 0.5) is 0 Å². The minimum atomic E-state index is -0.915. The number of hydrogen-bond donors (Lipinski definition) is 2. The third-order valence-corrected chi connectivity index (χ3v) is 3.85. The molecular weight excluding hydrogens is 320 g/mol. The van der Waals surface area contributed by atoms with Crippen molar-refractivity contribution in [2.75, 3.05) is 0 Å². The Labute approximate surface area is 144 Å². The molecule has 1 aromatic carbocycles. The Morgan fingerprint density at radius 1 is 1.28 bits per heavy atom. The molecular formula is C18H18N4O3. The number of nitrogens with one attached hydrogen (secondary N) is 1. The van der Waals surface area contributed by atoms with Crippen LogP contribution >= 0.6 is 0 Å². The number of nitrogens with two attached hydrogens (primary N) is 1. The number of aromatic nitrogens is 2. The van der Waals surface area contributed by atoms with Crippen LogP contribution in [-0.4, -0.2) is 22.0 Å².